The topological polar surface area (TPSA) is 32.3 Å². The fourth-order valence-corrected chi connectivity index (χ4v) is 2.19. The van der Waals surface area contributed by atoms with E-state index < -0.39 is 23.6 Å². The first-order valence-electron chi connectivity index (χ1n) is 5.57. The van der Waals surface area contributed by atoms with Crippen LogP contribution in [0.1, 0.15) is 31.4 Å². The van der Waals surface area contributed by atoms with E-state index in [1.165, 1.54) is 0 Å². The zero-order chi connectivity index (χ0) is 12.6. The number of hydrogen-bond donors (Lipinski definition) is 2. The highest BCUT2D eigenvalue weighted by atomic mass is 19.2. The van der Waals surface area contributed by atoms with E-state index in [1.807, 2.05) is 0 Å². The van der Waals surface area contributed by atoms with Crippen LogP contribution in [0.2, 0.25) is 0 Å². The molecule has 0 radical (unpaired) electrons. The van der Waals surface area contributed by atoms with Gasteiger partial charge in [0.05, 0.1) is 6.10 Å². The third-order valence-corrected chi connectivity index (χ3v) is 3.17. The summed E-state index contributed by atoms with van der Waals surface area (Å²) >= 11 is 0. The lowest BCUT2D eigenvalue weighted by molar-refractivity contribution is 0.152. The van der Waals surface area contributed by atoms with Crippen LogP contribution in [0.15, 0.2) is 12.1 Å². The minimum atomic E-state index is -1.45. The molecule has 0 bridgehead atoms. The van der Waals surface area contributed by atoms with Crippen LogP contribution in [0.3, 0.4) is 0 Å². The summed E-state index contributed by atoms with van der Waals surface area (Å²) in [4.78, 5) is 0. The van der Waals surface area contributed by atoms with Gasteiger partial charge in [0.25, 0.3) is 0 Å². The predicted octanol–water partition coefficient (Wildman–Crippen LogP) is 2.28. The summed E-state index contributed by atoms with van der Waals surface area (Å²) < 4.78 is 38.9. The van der Waals surface area contributed by atoms with Crippen LogP contribution in [0.25, 0.3) is 0 Å². The number of halogens is 3. The molecule has 94 valence electrons. The molecule has 2 nitrogen and oxygen atoms in total. The number of benzene rings is 1. The Labute approximate surface area is 97.5 Å². The van der Waals surface area contributed by atoms with Gasteiger partial charge in [-0.2, -0.15) is 0 Å². The van der Waals surface area contributed by atoms with Gasteiger partial charge in [-0.15, -0.1) is 0 Å². The van der Waals surface area contributed by atoms with E-state index in [0.717, 1.165) is 18.6 Å². The van der Waals surface area contributed by atoms with E-state index in [9.17, 15) is 18.3 Å². The SMILES string of the molecule is CC(O)[C@H]1CC[C@@H](c2cc(F)c(F)c(F)c2)N1. The first-order chi connectivity index (χ1) is 7.99. The van der Waals surface area contributed by atoms with Gasteiger partial charge in [-0.25, -0.2) is 13.2 Å². The fraction of sp³-hybridized carbons (Fsp3) is 0.500. The molecule has 1 heterocycles. The molecule has 1 aromatic carbocycles. The van der Waals surface area contributed by atoms with Crippen molar-refractivity contribution in [2.75, 3.05) is 0 Å². The van der Waals surface area contributed by atoms with Crippen molar-refractivity contribution in [1.29, 1.82) is 0 Å². The third kappa shape index (κ3) is 2.45. The first-order valence-corrected chi connectivity index (χ1v) is 5.57. The van der Waals surface area contributed by atoms with E-state index in [1.54, 1.807) is 6.92 Å². The molecule has 0 saturated carbocycles. The van der Waals surface area contributed by atoms with Crippen molar-refractivity contribution < 1.29 is 18.3 Å². The molecular weight excluding hydrogens is 231 g/mol. The van der Waals surface area contributed by atoms with Crippen LogP contribution >= 0.6 is 0 Å². The van der Waals surface area contributed by atoms with Gasteiger partial charge in [0.2, 0.25) is 0 Å². The average molecular weight is 245 g/mol. The summed E-state index contributed by atoms with van der Waals surface area (Å²) in [5, 5.41) is 12.5. The minimum absolute atomic E-state index is 0.0869. The molecule has 2 N–H and O–H groups in total. The van der Waals surface area contributed by atoms with Crippen LogP contribution in [0.5, 0.6) is 0 Å². The lowest BCUT2D eigenvalue weighted by Crippen LogP contribution is -2.33. The summed E-state index contributed by atoms with van der Waals surface area (Å²) in [5.41, 5.74) is 0.379. The molecule has 0 spiro atoms. The van der Waals surface area contributed by atoms with E-state index >= 15 is 0 Å². The van der Waals surface area contributed by atoms with Gasteiger partial charge in [0.15, 0.2) is 17.5 Å². The normalized spacial score (nSPS) is 26.2. The standard InChI is InChI=1S/C12H14F3NO/c1-6(17)10-2-3-11(16-10)7-4-8(13)12(15)9(14)5-7/h4-6,10-11,16-17H,2-3H2,1H3/t6?,10-,11+/m1/s1. The van der Waals surface area contributed by atoms with Crippen LogP contribution in [0.4, 0.5) is 13.2 Å². The van der Waals surface area contributed by atoms with Crippen LogP contribution in [0, 0.1) is 17.5 Å². The van der Waals surface area contributed by atoms with Crippen LogP contribution < -0.4 is 5.32 Å². The second-order valence-corrected chi connectivity index (χ2v) is 4.44. The second kappa shape index (κ2) is 4.66. The quantitative estimate of drug-likeness (QED) is 0.783. The number of hydrogen-bond acceptors (Lipinski definition) is 2. The zero-order valence-corrected chi connectivity index (χ0v) is 9.38. The molecule has 1 aliphatic heterocycles. The molecular formula is C12H14F3NO. The Kier molecular flexibility index (Phi) is 3.40. The Hall–Kier alpha value is -1.07. The maximum Gasteiger partial charge on any atom is 0.194 e. The number of aliphatic hydroxyl groups is 1. The number of rotatable bonds is 2. The van der Waals surface area contributed by atoms with E-state index in [-0.39, 0.29) is 12.1 Å². The lowest BCUT2D eigenvalue weighted by Gasteiger charge is -2.17. The van der Waals surface area contributed by atoms with Gasteiger partial charge in [-0.1, -0.05) is 0 Å². The van der Waals surface area contributed by atoms with Crippen LogP contribution in [-0.2, 0) is 0 Å². The Morgan fingerprint density at radius 1 is 1.24 bits per heavy atom. The highest BCUT2D eigenvalue weighted by Gasteiger charge is 2.28. The molecule has 1 unspecified atom stereocenters. The van der Waals surface area contributed by atoms with Gasteiger partial charge in [-0.3, -0.25) is 0 Å². The molecule has 17 heavy (non-hydrogen) atoms. The Morgan fingerprint density at radius 3 is 2.29 bits per heavy atom. The molecule has 0 amide bonds. The number of aliphatic hydroxyl groups excluding tert-OH is 1. The second-order valence-electron chi connectivity index (χ2n) is 4.44. The van der Waals surface area contributed by atoms with Crippen molar-refractivity contribution >= 4 is 0 Å². The average Bonchev–Trinajstić information content (AvgIpc) is 2.74. The molecule has 1 saturated heterocycles. The monoisotopic (exact) mass is 245 g/mol. The van der Waals surface area contributed by atoms with Gasteiger partial charge in [0.1, 0.15) is 0 Å². The minimum Gasteiger partial charge on any atom is -0.392 e. The van der Waals surface area contributed by atoms with E-state index in [2.05, 4.69) is 5.32 Å². The maximum absolute atomic E-state index is 13.1. The number of nitrogens with one attached hydrogen (secondary N) is 1. The van der Waals surface area contributed by atoms with Crippen LogP contribution in [-0.4, -0.2) is 17.3 Å². The summed E-state index contributed by atoms with van der Waals surface area (Å²) in [6.45, 7) is 1.66. The van der Waals surface area contributed by atoms with Gasteiger partial charge in [0, 0.05) is 12.1 Å². The first kappa shape index (κ1) is 12.4. The molecule has 0 aliphatic carbocycles. The highest BCUT2D eigenvalue weighted by Crippen LogP contribution is 2.29. The smallest absolute Gasteiger partial charge is 0.194 e. The molecule has 2 rings (SSSR count). The van der Waals surface area contributed by atoms with Crippen molar-refractivity contribution in [1.82, 2.24) is 5.32 Å². The van der Waals surface area contributed by atoms with Crippen molar-refractivity contribution in [2.45, 2.75) is 38.0 Å². The molecule has 3 atom stereocenters. The van der Waals surface area contributed by atoms with Crippen molar-refractivity contribution in [3.63, 3.8) is 0 Å². The Morgan fingerprint density at radius 2 is 1.82 bits per heavy atom. The molecule has 0 aromatic heterocycles. The Balaban J connectivity index is 2.19. The Bertz CT molecular complexity index is 399. The highest BCUT2D eigenvalue weighted by molar-refractivity contribution is 5.23. The van der Waals surface area contributed by atoms with Crippen molar-refractivity contribution in [3.05, 3.63) is 35.1 Å². The van der Waals surface area contributed by atoms with Crippen molar-refractivity contribution in [2.24, 2.45) is 0 Å². The summed E-state index contributed by atoms with van der Waals surface area (Å²) in [5.74, 6) is -3.80. The summed E-state index contributed by atoms with van der Waals surface area (Å²) in [6, 6.07) is 1.68. The fourth-order valence-electron chi connectivity index (χ4n) is 2.19. The molecule has 5 heteroatoms. The lowest BCUT2D eigenvalue weighted by atomic mass is 10.0. The van der Waals surface area contributed by atoms with Gasteiger partial charge in [-0.05, 0) is 37.5 Å². The van der Waals surface area contributed by atoms with E-state index in [0.29, 0.717) is 12.0 Å². The molecule has 1 aromatic rings. The van der Waals surface area contributed by atoms with E-state index in [4.69, 9.17) is 0 Å². The molecule has 1 fully saturated rings. The maximum atomic E-state index is 13.1. The largest absolute Gasteiger partial charge is 0.392 e. The molecule has 1 aliphatic rings. The zero-order valence-electron chi connectivity index (χ0n) is 9.38. The van der Waals surface area contributed by atoms with Crippen molar-refractivity contribution in [3.8, 4) is 0 Å². The van der Waals surface area contributed by atoms with Gasteiger partial charge >= 0.3 is 0 Å². The predicted molar refractivity (Wildman–Crippen MR) is 56.9 cm³/mol. The summed E-state index contributed by atoms with van der Waals surface area (Å²) in [6.07, 6.45) is 0.874. The van der Waals surface area contributed by atoms with Gasteiger partial charge < -0.3 is 10.4 Å². The summed E-state index contributed by atoms with van der Waals surface area (Å²) in [7, 11) is 0. The third-order valence-electron chi connectivity index (χ3n) is 3.17.